The summed E-state index contributed by atoms with van der Waals surface area (Å²) in [7, 11) is 1.63. The van der Waals surface area contributed by atoms with Gasteiger partial charge in [0, 0.05) is 18.6 Å². The maximum Gasteiger partial charge on any atom is 0.345 e. The zero-order valence-electron chi connectivity index (χ0n) is 7.21. The largest absolute Gasteiger partial charge is 0.345 e. The molecule has 8 heteroatoms. The molecule has 2 rings (SSSR count). The minimum atomic E-state index is -0.200. The van der Waals surface area contributed by atoms with E-state index in [0.29, 0.717) is 10.0 Å². The maximum atomic E-state index is 11.4. The molecule has 2 aromatic heterocycles. The van der Waals surface area contributed by atoms with Crippen LogP contribution in [0.25, 0.3) is 0 Å². The normalized spacial score (nSPS) is 10.7. The molecule has 0 aliphatic carbocycles. The second-order valence-corrected chi connectivity index (χ2v) is 4.03. The van der Waals surface area contributed by atoms with Gasteiger partial charge in [0.15, 0.2) is 0 Å². The smallest absolute Gasteiger partial charge is 0.285 e. The Morgan fingerprint density at radius 1 is 1.64 bits per heavy atom. The number of aryl methyl sites for hydroxylation is 1. The molecule has 14 heavy (non-hydrogen) atoms. The Kier molecular flexibility index (Phi) is 2.34. The van der Waals surface area contributed by atoms with E-state index in [0.717, 1.165) is 11.5 Å². The van der Waals surface area contributed by atoms with Crippen LogP contribution in [-0.2, 0) is 13.6 Å². The van der Waals surface area contributed by atoms with E-state index in [9.17, 15) is 4.79 Å². The van der Waals surface area contributed by atoms with Gasteiger partial charge in [-0.25, -0.2) is 9.48 Å². The van der Waals surface area contributed by atoms with E-state index in [1.807, 2.05) is 0 Å². The number of nitrogens with zero attached hydrogens (tertiary/aromatic N) is 5. The summed E-state index contributed by atoms with van der Waals surface area (Å²) in [6, 6.07) is 0. The van der Waals surface area contributed by atoms with E-state index in [1.54, 1.807) is 7.05 Å². The van der Waals surface area contributed by atoms with Gasteiger partial charge >= 0.3 is 5.69 Å². The second-order valence-electron chi connectivity index (χ2n) is 2.68. The van der Waals surface area contributed by atoms with E-state index >= 15 is 0 Å². The molecule has 6 nitrogen and oxygen atoms in total. The average Bonchev–Trinajstić information content (AvgIpc) is 2.68. The van der Waals surface area contributed by atoms with Crippen LogP contribution in [0, 0.1) is 0 Å². The molecule has 0 aliphatic heterocycles. The lowest BCUT2D eigenvalue weighted by molar-refractivity contribution is 0.634. The fourth-order valence-electron chi connectivity index (χ4n) is 0.962. The molecule has 0 atom stereocenters. The first-order valence-corrected chi connectivity index (χ1v) is 4.89. The predicted octanol–water partition coefficient (Wildman–Crippen LogP) is 0.135. The third-order valence-corrected chi connectivity index (χ3v) is 2.68. The Morgan fingerprint density at radius 3 is 2.93 bits per heavy atom. The van der Waals surface area contributed by atoms with Gasteiger partial charge in [0.1, 0.15) is 16.4 Å². The third-order valence-electron chi connectivity index (χ3n) is 1.70. The lowest BCUT2D eigenvalue weighted by Crippen LogP contribution is -2.23. The molecular formula is C6H6ClN5OS. The lowest BCUT2D eigenvalue weighted by Gasteiger charge is -1.94. The summed E-state index contributed by atoms with van der Waals surface area (Å²) in [5, 5.41) is 7.67. The molecule has 0 fully saturated rings. The summed E-state index contributed by atoms with van der Waals surface area (Å²) in [5.74, 6) is 0. The minimum Gasteiger partial charge on any atom is -0.285 e. The first-order chi connectivity index (χ1) is 6.68. The summed E-state index contributed by atoms with van der Waals surface area (Å²) in [4.78, 5) is 11.4. The fraction of sp³-hybridized carbons (Fsp3) is 0.333. The Balaban J connectivity index is 2.32. The highest BCUT2D eigenvalue weighted by Gasteiger charge is 2.09. The molecule has 0 radical (unpaired) electrons. The van der Waals surface area contributed by atoms with Crippen molar-refractivity contribution in [1.29, 1.82) is 0 Å². The Labute approximate surface area is 87.9 Å². The fourth-order valence-corrected chi connectivity index (χ4v) is 1.57. The van der Waals surface area contributed by atoms with Gasteiger partial charge in [-0.15, -0.1) is 5.10 Å². The molecule has 0 N–H and O–H groups in total. The first-order valence-electron chi connectivity index (χ1n) is 3.73. The minimum absolute atomic E-state index is 0.200. The van der Waals surface area contributed by atoms with Crippen LogP contribution in [0.3, 0.4) is 0 Å². The molecule has 0 saturated carbocycles. The van der Waals surface area contributed by atoms with Crippen LogP contribution in [0.15, 0.2) is 11.1 Å². The van der Waals surface area contributed by atoms with E-state index in [4.69, 9.17) is 11.6 Å². The SMILES string of the molecule is Cn1cnn(Cc2nnsc2Cl)c1=O. The van der Waals surface area contributed by atoms with Crippen LogP contribution < -0.4 is 5.69 Å². The van der Waals surface area contributed by atoms with Crippen molar-refractivity contribution in [2.75, 3.05) is 0 Å². The van der Waals surface area contributed by atoms with Crippen molar-refractivity contribution in [2.45, 2.75) is 6.54 Å². The van der Waals surface area contributed by atoms with E-state index in [2.05, 4.69) is 14.7 Å². The number of halogens is 1. The van der Waals surface area contributed by atoms with Crippen molar-refractivity contribution in [3.63, 3.8) is 0 Å². The Hall–Kier alpha value is -1.21. The number of hydrogen-bond donors (Lipinski definition) is 0. The maximum absolute atomic E-state index is 11.4. The summed E-state index contributed by atoms with van der Waals surface area (Å²) in [6.07, 6.45) is 1.44. The van der Waals surface area contributed by atoms with Crippen LogP contribution in [0.4, 0.5) is 0 Å². The van der Waals surface area contributed by atoms with Crippen molar-refractivity contribution < 1.29 is 0 Å². The summed E-state index contributed by atoms with van der Waals surface area (Å²) in [5.41, 5.74) is 0.367. The molecule has 0 aromatic carbocycles. The van der Waals surface area contributed by atoms with Crippen molar-refractivity contribution in [1.82, 2.24) is 23.9 Å². The number of hydrogen-bond acceptors (Lipinski definition) is 5. The number of aromatic nitrogens is 5. The molecule has 2 aromatic rings. The summed E-state index contributed by atoms with van der Waals surface area (Å²) in [6.45, 7) is 0.259. The van der Waals surface area contributed by atoms with Crippen molar-refractivity contribution >= 4 is 23.1 Å². The molecule has 0 amide bonds. The van der Waals surface area contributed by atoms with Crippen molar-refractivity contribution in [3.8, 4) is 0 Å². The van der Waals surface area contributed by atoms with Gasteiger partial charge in [-0.2, -0.15) is 5.10 Å². The molecule has 0 saturated heterocycles. The monoisotopic (exact) mass is 231 g/mol. The molecule has 0 bridgehead atoms. The van der Waals surface area contributed by atoms with Gasteiger partial charge in [-0.1, -0.05) is 16.1 Å². The van der Waals surface area contributed by atoms with Gasteiger partial charge in [-0.3, -0.25) is 4.57 Å². The summed E-state index contributed by atoms with van der Waals surface area (Å²) >= 11 is 6.88. The first kappa shape index (κ1) is 9.35. The zero-order chi connectivity index (χ0) is 10.1. The Bertz CT molecular complexity index is 500. The van der Waals surface area contributed by atoms with Gasteiger partial charge in [0.05, 0.1) is 6.54 Å². The lowest BCUT2D eigenvalue weighted by atomic mass is 10.5. The molecule has 74 valence electrons. The van der Waals surface area contributed by atoms with Crippen LogP contribution in [-0.4, -0.2) is 23.9 Å². The van der Waals surface area contributed by atoms with Crippen molar-refractivity contribution in [3.05, 3.63) is 26.8 Å². The average molecular weight is 232 g/mol. The van der Waals surface area contributed by atoms with Crippen LogP contribution in [0.5, 0.6) is 0 Å². The second kappa shape index (κ2) is 3.50. The highest BCUT2D eigenvalue weighted by molar-refractivity contribution is 7.10. The Morgan fingerprint density at radius 2 is 2.43 bits per heavy atom. The van der Waals surface area contributed by atoms with Gasteiger partial charge < -0.3 is 0 Å². The van der Waals surface area contributed by atoms with Gasteiger partial charge in [0.25, 0.3) is 0 Å². The predicted molar refractivity (Wildman–Crippen MR) is 51.5 cm³/mol. The molecule has 2 heterocycles. The van der Waals surface area contributed by atoms with E-state index < -0.39 is 0 Å². The van der Waals surface area contributed by atoms with Crippen LogP contribution in [0.1, 0.15) is 5.69 Å². The number of rotatable bonds is 2. The quantitative estimate of drug-likeness (QED) is 0.737. The molecule has 0 aliphatic rings. The standard InChI is InChI=1S/C6H6ClN5OS/c1-11-3-8-12(6(11)13)2-4-5(7)14-10-9-4/h3H,2H2,1H3. The van der Waals surface area contributed by atoms with Crippen molar-refractivity contribution in [2.24, 2.45) is 7.05 Å². The molecule has 0 spiro atoms. The molecule has 0 unspecified atom stereocenters. The van der Waals surface area contributed by atoms with Crippen LogP contribution in [0.2, 0.25) is 4.34 Å². The molecular weight excluding hydrogens is 226 g/mol. The van der Waals surface area contributed by atoms with Crippen LogP contribution >= 0.6 is 23.1 Å². The zero-order valence-corrected chi connectivity index (χ0v) is 8.79. The highest BCUT2D eigenvalue weighted by Crippen LogP contribution is 2.17. The van der Waals surface area contributed by atoms with E-state index in [1.165, 1.54) is 15.6 Å². The van der Waals surface area contributed by atoms with Gasteiger partial charge in [-0.05, 0) is 0 Å². The third kappa shape index (κ3) is 1.55. The highest BCUT2D eigenvalue weighted by atomic mass is 35.5. The van der Waals surface area contributed by atoms with E-state index in [-0.39, 0.29) is 12.2 Å². The topological polar surface area (TPSA) is 65.6 Å². The summed E-state index contributed by atoms with van der Waals surface area (Å²) < 4.78 is 6.82. The van der Waals surface area contributed by atoms with Gasteiger partial charge in [0.2, 0.25) is 0 Å².